The first-order valence-electron chi connectivity index (χ1n) is 6.12. The van der Waals surface area contributed by atoms with Crippen LogP contribution in [0.3, 0.4) is 0 Å². The highest BCUT2D eigenvalue weighted by Crippen LogP contribution is 2.61. The van der Waals surface area contributed by atoms with Crippen molar-refractivity contribution in [3.8, 4) is 0 Å². The van der Waals surface area contributed by atoms with Crippen LogP contribution < -0.4 is 0 Å². The van der Waals surface area contributed by atoms with Crippen LogP contribution in [0.5, 0.6) is 0 Å². The summed E-state index contributed by atoms with van der Waals surface area (Å²) in [7, 11) is 0. The first kappa shape index (κ1) is 11.2. The number of rotatable bonds is 0. The maximum atomic E-state index is 6.08. The third kappa shape index (κ3) is 1.25. The summed E-state index contributed by atoms with van der Waals surface area (Å²) >= 11 is 0. The van der Waals surface area contributed by atoms with Crippen molar-refractivity contribution >= 4 is 0 Å². The Morgan fingerprint density at radius 3 is 1.60 bits per heavy atom. The van der Waals surface area contributed by atoms with Gasteiger partial charge in [0.25, 0.3) is 0 Å². The number of ether oxygens (including phenoxy) is 1. The zero-order chi connectivity index (χ0) is 11.4. The highest BCUT2D eigenvalue weighted by molar-refractivity contribution is 5.25. The van der Waals surface area contributed by atoms with Crippen LogP contribution in [-0.4, -0.2) is 12.2 Å². The molecule has 86 valence electrons. The molecule has 0 N–H and O–H groups in total. The summed E-state index contributed by atoms with van der Waals surface area (Å²) in [5.41, 5.74) is 3.82. The average Bonchev–Trinajstić information content (AvgIpc) is 2.28. The minimum absolute atomic E-state index is 0.329. The minimum atomic E-state index is 0.329. The molecule has 1 heteroatoms. The van der Waals surface area contributed by atoms with E-state index in [-0.39, 0.29) is 0 Å². The molecule has 0 bridgehead atoms. The van der Waals surface area contributed by atoms with Crippen LogP contribution in [0.25, 0.3) is 0 Å². The predicted octanol–water partition coefficient (Wildman–Crippen LogP) is 3.94. The lowest BCUT2D eigenvalue weighted by atomic mass is 9.54. The van der Waals surface area contributed by atoms with E-state index >= 15 is 0 Å². The summed E-state index contributed by atoms with van der Waals surface area (Å²) in [6, 6.07) is 0. The monoisotopic (exact) mass is 208 g/mol. The zero-order valence-electron chi connectivity index (χ0n) is 11.0. The van der Waals surface area contributed by atoms with Gasteiger partial charge >= 0.3 is 0 Å². The molecule has 4 atom stereocenters. The van der Waals surface area contributed by atoms with Crippen LogP contribution in [-0.2, 0) is 4.74 Å². The molecule has 0 spiro atoms. The molecule has 15 heavy (non-hydrogen) atoms. The van der Waals surface area contributed by atoms with E-state index in [1.165, 1.54) is 12.8 Å². The van der Waals surface area contributed by atoms with Gasteiger partial charge in [-0.25, -0.2) is 0 Å². The summed E-state index contributed by atoms with van der Waals surface area (Å²) in [4.78, 5) is 0. The van der Waals surface area contributed by atoms with Gasteiger partial charge in [0.05, 0.1) is 12.2 Å². The van der Waals surface area contributed by atoms with Crippen LogP contribution in [0.1, 0.15) is 54.4 Å². The Labute approximate surface area is 93.9 Å². The van der Waals surface area contributed by atoms with E-state index in [0.717, 1.165) is 0 Å². The van der Waals surface area contributed by atoms with Gasteiger partial charge in [-0.2, -0.15) is 0 Å². The Morgan fingerprint density at radius 2 is 1.27 bits per heavy atom. The van der Waals surface area contributed by atoms with Crippen molar-refractivity contribution in [1.29, 1.82) is 0 Å². The minimum Gasteiger partial charge on any atom is -0.374 e. The molecule has 0 saturated carbocycles. The van der Waals surface area contributed by atoms with Gasteiger partial charge in [0.1, 0.15) is 0 Å². The zero-order valence-corrected chi connectivity index (χ0v) is 11.0. The Kier molecular flexibility index (Phi) is 2.31. The molecule has 0 aromatic carbocycles. The Bertz CT molecular complexity index is 287. The molecule has 1 aliphatic heterocycles. The summed E-state index contributed by atoms with van der Waals surface area (Å²) in [5, 5.41) is 0. The van der Waals surface area contributed by atoms with Gasteiger partial charge in [-0.3, -0.25) is 0 Å². The van der Waals surface area contributed by atoms with Crippen molar-refractivity contribution in [1.82, 2.24) is 0 Å². The molecule has 0 radical (unpaired) electrons. The van der Waals surface area contributed by atoms with Gasteiger partial charge in [0, 0.05) is 10.8 Å². The number of allylic oxidation sites excluding steroid dienone is 2. The Morgan fingerprint density at radius 1 is 0.933 bits per heavy atom. The fourth-order valence-electron chi connectivity index (χ4n) is 3.63. The van der Waals surface area contributed by atoms with Crippen molar-refractivity contribution in [2.75, 3.05) is 0 Å². The van der Waals surface area contributed by atoms with E-state index in [1.807, 2.05) is 0 Å². The van der Waals surface area contributed by atoms with Crippen molar-refractivity contribution in [2.45, 2.75) is 66.6 Å². The van der Waals surface area contributed by atoms with Gasteiger partial charge < -0.3 is 4.74 Å². The molecule has 1 fully saturated rings. The van der Waals surface area contributed by atoms with Gasteiger partial charge in [0.15, 0.2) is 0 Å². The molecule has 0 amide bonds. The normalized spacial score (nSPS) is 50.8. The third-order valence-corrected chi connectivity index (χ3v) is 5.50. The topological polar surface area (TPSA) is 9.23 Å². The highest BCUT2D eigenvalue weighted by atomic mass is 16.5. The predicted molar refractivity (Wildman–Crippen MR) is 63.8 cm³/mol. The molecule has 2 aliphatic rings. The van der Waals surface area contributed by atoms with Crippen molar-refractivity contribution < 1.29 is 4.74 Å². The third-order valence-electron chi connectivity index (χ3n) is 5.50. The van der Waals surface area contributed by atoms with Crippen molar-refractivity contribution in [3.05, 3.63) is 11.1 Å². The molecule has 1 saturated heterocycles. The average molecular weight is 208 g/mol. The number of hydrogen-bond donors (Lipinski definition) is 0. The van der Waals surface area contributed by atoms with E-state index < -0.39 is 0 Å². The SMILES string of the molecule is CC1=C(C)CC2(C)C(C)OC(C)C2(C)C1. The van der Waals surface area contributed by atoms with Crippen LogP contribution >= 0.6 is 0 Å². The van der Waals surface area contributed by atoms with E-state index in [1.54, 1.807) is 11.1 Å². The quantitative estimate of drug-likeness (QED) is 0.548. The number of fused-ring (bicyclic) bond motifs is 1. The second kappa shape index (κ2) is 3.10. The molecule has 1 heterocycles. The molecular weight excluding hydrogens is 184 g/mol. The lowest BCUT2D eigenvalue weighted by Gasteiger charge is -2.47. The number of hydrogen-bond acceptors (Lipinski definition) is 1. The van der Waals surface area contributed by atoms with Crippen LogP contribution in [0.4, 0.5) is 0 Å². The molecular formula is C14H24O. The van der Waals surface area contributed by atoms with Crippen molar-refractivity contribution in [3.63, 3.8) is 0 Å². The van der Waals surface area contributed by atoms with E-state index in [4.69, 9.17) is 4.74 Å². The fraction of sp³-hybridized carbons (Fsp3) is 0.857. The fourth-order valence-corrected chi connectivity index (χ4v) is 3.63. The van der Waals surface area contributed by atoms with E-state index in [2.05, 4.69) is 41.5 Å². The second-order valence-electron chi connectivity index (χ2n) is 6.17. The molecule has 0 aromatic rings. The maximum Gasteiger partial charge on any atom is 0.0613 e. The van der Waals surface area contributed by atoms with Crippen LogP contribution in [0.2, 0.25) is 0 Å². The van der Waals surface area contributed by atoms with E-state index in [9.17, 15) is 0 Å². The van der Waals surface area contributed by atoms with Gasteiger partial charge in [-0.15, -0.1) is 0 Å². The lowest BCUT2D eigenvalue weighted by molar-refractivity contribution is 0.0334. The van der Waals surface area contributed by atoms with Gasteiger partial charge in [-0.05, 0) is 40.5 Å². The summed E-state index contributed by atoms with van der Waals surface area (Å²) in [6.07, 6.45) is 3.20. The van der Waals surface area contributed by atoms with E-state index in [0.29, 0.717) is 23.0 Å². The Balaban J connectivity index is 2.47. The summed E-state index contributed by atoms with van der Waals surface area (Å²) < 4.78 is 6.08. The first-order valence-corrected chi connectivity index (χ1v) is 6.12. The van der Waals surface area contributed by atoms with Gasteiger partial charge in [-0.1, -0.05) is 25.0 Å². The van der Waals surface area contributed by atoms with Crippen LogP contribution in [0.15, 0.2) is 11.1 Å². The molecule has 1 aliphatic carbocycles. The molecule has 1 nitrogen and oxygen atoms in total. The standard InChI is InChI=1S/C14H24O/c1-9-7-13(5)11(3)15-12(4)14(13,6)8-10(9)2/h11-12H,7-8H2,1-6H3. The Hall–Kier alpha value is -0.300. The molecule has 2 rings (SSSR count). The largest absolute Gasteiger partial charge is 0.374 e. The molecule has 4 unspecified atom stereocenters. The van der Waals surface area contributed by atoms with Crippen LogP contribution in [0, 0.1) is 10.8 Å². The maximum absolute atomic E-state index is 6.08. The second-order valence-corrected chi connectivity index (χ2v) is 6.17. The summed E-state index contributed by atoms with van der Waals surface area (Å²) in [5.74, 6) is 0. The first-order chi connectivity index (χ1) is 6.81. The van der Waals surface area contributed by atoms with Gasteiger partial charge in [0.2, 0.25) is 0 Å². The molecule has 0 aromatic heterocycles. The highest BCUT2D eigenvalue weighted by Gasteiger charge is 2.59. The summed E-state index contributed by atoms with van der Waals surface area (Å²) in [6.45, 7) is 13.9. The lowest BCUT2D eigenvalue weighted by Crippen LogP contribution is -2.44. The van der Waals surface area contributed by atoms with Crippen molar-refractivity contribution in [2.24, 2.45) is 10.8 Å². The smallest absolute Gasteiger partial charge is 0.0613 e.